The van der Waals surface area contributed by atoms with Crippen LogP contribution in [-0.4, -0.2) is 6.61 Å². The van der Waals surface area contributed by atoms with Crippen LogP contribution in [0.4, 0.5) is 0 Å². The molecule has 0 bridgehead atoms. The summed E-state index contributed by atoms with van der Waals surface area (Å²) in [6.07, 6.45) is 7.11. The molecule has 0 saturated carbocycles. The molecule has 1 atom stereocenters. The maximum Gasteiger partial charge on any atom is 0.138 e. The van der Waals surface area contributed by atoms with Crippen molar-refractivity contribution in [3.8, 4) is 16.9 Å². The van der Waals surface area contributed by atoms with Crippen LogP contribution in [0, 0.1) is 5.92 Å². The average molecular weight is 343 g/mol. The van der Waals surface area contributed by atoms with Gasteiger partial charge in [-0.2, -0.15) is 0 Å². The normalized spacial score (nSPS) is 14.5. The standard InChI is InChI=1S/C22H27ClO/c1-3-16(2)8-7-15-24-21-14-6-13-20(22(21)23)19-12-5-10-17-9-4-11-18(17)19/h5-6,10,12-14,16H,3-4,7-9,11,15H2,1-2H3. The number of hydrogen-bond donors (Lipinski definition) is 0. The van der Waals surface area contributed by atoms with Gasteiger partial charge in [0.15, 0.2) is 0 Å². The Bertz CT molecular complexity index is 692. The van der Waals surface area contributed by atoms with Crippen molar-refractivity contribution in [2.45, 2.75) is 52.4 Å². The van der Waals surface area contributed by atoms with E-state index in [4.69, 9.17) is 16.3 Å². The topological polar surface area (TPSA) is 9.23 Å². The van der Waals surface area contributed by atoms with Gasteiger partial charge < -0.3 is 4.74 Å². The van der Waals surface area contributed by atoms with Crippen molar-refractivity contribution in [2.75, 3.05) is 6.61 Å². The number of benzene rings is 2. The first-order chi connectivity index (χ1) is 11.7. The minimum atomic E-state index is 0.737. The number of aryl methyl sites for hydroxylation is 1. The summed E-state index contributed by atoms with van der Waals surface area (Å²) in [6.45, 7) is 5.27. The third-order valence-electron chi connectivity index (χ3n) is 5.20. The highest BCUT2D eigenvalue weighted by Crippen LogP contribution is 2.39. The highest BCUT2D eigenvalue weighted by molar-refractivity contribution is 6.34. The van der Waals surface area contributed by atoms with Gasteiger partial charge in [0, 0.05) is 5.56 Å². The van der Waals surface area contributed by atoms with E-state index in [1.165, 1.54) is 42.4 Å². The fraction of sp³-hybridized carbons (Fsp3) is 0.455. The molecule has 2 heteroatoms. The number of halogens is 1. The predicted molar refractivity (Wildman–Crippen MR) is 103 cm³/mol. The molecule has 1 nitrogen and oxygen atoms in total. The van der Waals surface area contributed by atoms with Crippen LogP contribution in [0.5, 0.6) is 5.75 Å². The van der Waals surface area contributed by atoms with Crippen molar-refractivity contribution < 1.29 is 4.74 Å². The predicted octanol–water partition coefficient (Wildman–Crippen LogP) is 6.70. The Morgan fingerprint density at radius 3 is 2.71 bits per heavy atom. The number of fused-ring (bicyclic) bond motifs is 1. The second-order valence-corrected chi connectivity index (χ2v) is 7.30. The maximum atomic E-state index is 6.69. The zero-order valence-electron chi connectivity index (χ0n) is 14.8. The number of ether oxygens (including phenoxy) is 1. The van der Waals surface area contributed by atoms with Gasteiger partial charge in [-0.3, -0.25) is 0 Å². The lowest BCUT2D eigenvalue weighted by Gasteiger charge is -2.14. The molecule has 24 heavy (non-hydrogen) atoms. The van der Waals surface area contributed by atoms with Gasteiger partial charge in [-0.05, 0) is 60.8 Å². The molecule has 0 fully saturated rings. The molecule has 2 aromatic rings. The fourth-order valence-corrected chi connectivity index (χ4v) is 3.80. The van der Waals surface area contributed by atoms with Crippen molar-refractivity contribution in [1.82, 2.24) is 0 Å². The zero-order valence-corrected chi connectivity index (χ0v) is 15.5. The van der Waals surface area contributed by atoms with E-state index in [-0.39, 0.29) is 0 Å². The SMILES string of the molecule is CCC(C)CCCOc1cccc(-c2cccc3c2CCC3)c1Cl. The maximum absolute atomic E-state index is 6.69. The molecule has 0 amide bonds. The summed E-state index contributed by atoms with van der Waals surface area (Å²) in [5.41, 5.74) is 5.33. The van der Waals surface area contributed by atoms with Crippen LogP contribution in [0.1, 0.15) is 50.7 Å². The Balaban J connectivity index is 1.76. The summed E-state index contributed by atoms with van der Waals surface area (Å²) < 4.78 is 5.98. The highest BCUT2D eigenvalue weighted by Gasteiger charge is 2.18. The first kappa shape index (κ1) is 17.4. The van der Waals surface area contributed by atoms with Gasteiger partial charge in [-0.15, -0.1) is 0 Å². The first-order valence-corrected chi connectivity index (χ1v) is 9.61. The Labute approximate surface area is 151 Å². The summed E-state index contributed by atoms with van der Waals surface area (Å²) in [5, 5.41) is 0.751. The average Bonchev–Trinajstić information content (AvgIpc) is 3.08. The van der Waals surface area contributed by atoms with Gasteiger partial charge in [0.2, 0.25) is 0 Å². The Morgan fingerprint density at radius 1 is 1.08 bits per heavy atom. The van der Waals surface area contributed by atoms with Gasteiger partial charge in [-0.1, -0.05) is 62.2 Å². The lowest BCUT2D eigenvalue weighted by atomic mass is 9.97. The second-order valence-electron chi connectivity index (χ2n) is 6.92. The Hall–Kier alpha value is -1.47. The van der Waals surface area contributed by atoms with Crippen LogP contribution in [-0.2, 0) is 12.8 Å². The van der Waals surface area contributed by atoms with Crippen LogP contribution in [0.15, 0.2) is 36.4 Å². The molecule has 2 aromatic carbocycles. The van der Waals surface area contributed by atoms with Crippen molar-refractivity contribution in [1.29, 1.82) is 0 Å². The van der Waals surface area contributed by atoms with E-state index >= 15 is 0 Å². The van der Waals surface area contributed by atoms with Crippen LogP contribution in [0.2, 0.25) is 5.02 Å². The van der Waals surface area contributed by atoms with E-state index in [0.29, 0.717) is 0 Å². The van der Waals surface area contributed by atoms with E-state index in [1.807, 2.05) is 6.07 Å². The van der Waals surface area contributed by atoms with E-state index < -0.39 is 0 Å². The number of rotatable bonds is 7. The molecule has 0 aromatic heterocycles. The minimum absolute atomic E-state index is 0.737. The van der Waals surface area contributed by atoms with E-state index in [1.54, 1.807) is 0 Å². The molecule has 0 radical (unpaired) electrons. The molecular weight excluding hydrogens is 316 g/mol. The molecule has 0 heterocycles. The second kappa shape index (κ2) is 8.07. The van der Waals surface area contributed by atoms with Crippen molar-refractivity contribution >= 4 is 11.6 Å². The van der Waals surface area contributed by atoms with Crippen molar-refractivity contribution in [3.05, 3.63) is 52.5 Å². The molecule has 3 rings (SSSR count). The summed E-state index contributed by atoms with van der Waals surface area (Å²) in [5.74, 6) is 1.58. The van der Waals surface area contributed by atoms with Crippen LogP contribution in [0.25, 0.3) is 11.1 Å². The molecule has 1 unspecified atom stereocenters. The third kappa shape index (κ3) is 3.78. The lowest BCUT2D eigenvalue weighted by molar-refractivity contribution is 0.294. The monoisotopic (exact) mass is 342 g/mol. The smallest absolute Gasteiger partial charge is 0.138 e. The van der Waals surface area contributed by atoms with Gasteiger partial charge in [0.25, 0.3) is 0 Å². The molecule has 128 valence electrons. The van der Waals surface area contributed by atoms with Gasteiger partial charge in [0.1, 0.15) is 5.75 Å². The summed E-state index contributed by atoms with van der Waals surface area (Å²) in [7, 11) is 0. The van der Waals surface area contributed by atoms with Gasteiger partial charge in [-0.25, -0.2) is 0 Å². The zero-order chi connectivity index (χ0) is 16.9. The summed E-state index contributed by atoms with van der Waals surface area (Å²) in [4.78, 5) is 0. The summed E-state index contributed by atoms with van der Waals surface area (Å²) in [6, 6.07) is 12.7. The fourth-order valence-electron chi connectivity index (χ4n) is 3.52. The van der Waals surface area contributed by atoms with Crippen LogP contribution < -0.4 is 4.74 Å². The van der Waals surface area contributed by atoms with Crippen LogP contribution >= 0.6 is 11.6 Å². The van der Waals surface area contributed by atoms with E-state index in [9.17, 15) is 0 Å². The third-order valence-corrected chi connectivity index (χ3v) is 5.59. The quantitative estimate of drug-likeness (QED) is 0.508. The minimum Gasteiger partial charge on any atom is -0.492 e. The molecule has 0 spiro atoms. The molecule has 0 saturated heterocycles. The van der Waals surface area contributed by atoms with E-state index in [0.717, 1.165) is 41.7 Å². The molecule has 1 aliphatic rings. The van der Waals surface area contributed by atoms with Gasteiger partial charge in [0.05, 0.1) is 11.6 Å². The molecule has 0 N–H and O–H groups in total. The number of hydrogen-bond acceptors (Lipinski definition) is 1. The molecule has 0 aliphatic heterocycles. The molecular formula is C22H27ClO. The Morgan fingerprint density at radius 2 is 1.88 bits per heavy atom. The van der Waals surface area contributed by atoms with Gasteiger partial charge >= 0.3 is 0 Å². The van der Waals surface area contributed by atoms with Crippen molar-refractivity contribution in [3.63, 3.8) is 0 Å². The lowest BCUT2D eigenvalue weighted by Crippen LogP contribution is -2.01. The van der Waals surface area contributed by atoms with Crippen LogP contribution in [0.3, 0.4) is 0 Å². The Kier molecular flexibility index (Phi) is 5.84. The largest absolute Gasteiger partial charge is 0.492 e. The first-order valence-electron chi connectivity index (χ1n) is 9.23. The molecule has 1 aliphatic carbocycles. The summed E-state index contributed by atoms with van der Waals surface area (Å²) >= 11 is 6.69. The van der Waals surface area contributed by atoms with Crippen molar-refractivity contribution in [2.24, 2.45) is 5.92 Å². The highest BCUT2D eigenvalue weighted by atomic mass is 35.5. The van der Waals surface area contributed by atoms with E-state index in [2.05, 4.69) is 44.2 Å².